The minimum atomic E-state index is -0.119. The van der Waals surface area contributed by atoms with E-state index in [0.29, 0.717) is 10.8 Å². The van der Waals surface area contributed by atoms with E-state index in [2.05, 4.69) is 25.2 Å². The van der Waals surface area contributed by atoms with Gasteiger partial charge in [0.2, 0.25) is 0 Å². The molecular weight excluding hydrogens is 334 g/mol. The number of esters is 1. The summed E-state index contributed by atoms with van der Waals surface area (Å²) in [5.41, 5.74) is 2.47. The summed E-state index contributed by atoms with van der Waals surface area (Å²) in [4.78, 5) is 11.4. The predicted molar refractivity (Wildman–Crippen MR) is 107 cm³/mol. The molecule has 4 saturated carbocycles. The molecule has 3 nitrogen and oxygen atoms in total. The molecule has 0 aromatic rings. The summed E-state index contributed by atoms with van der Waals surface area (Å²) < 4.78 is 5.58. The largest absolute Gasteiger partial charge is 0.462 e. The van der Waals surface area contributed by atoms with Gasteiger partial charge < -0.3 is 10.1 Å². The lowest BCUT2D eigenvalue weighted by Gasteiger charge is -2.58. The number of carbonyl (C=O) groups excluding carboxylic acids is 1. The van der Waals surface area contributed by atoms with E-state index in [9.17, 15) is 4.79 Å². The zero-order valence-corrected chi connectivity index (χ0v) is 17.4. The molecule has 27 heavy (non-hydrogen) atoms. The number of ether oxygens (including phenoxy) is 1. The van der Waals surface area contributed by atoms with E-state index in [1.165, 1.54) is 51.4 Å². The number of hydrogen-bond acceptors (Lipinski definition) is 3. The minimum Gasteiger partial charge on any atom is -0.462 e. The van der Waals surface area contributed by atoms with Gasteiger partial charge in [0.25, 0.3) is 0 Å². The second-order valence-corrected chi connectivity index (χ2v) is 10.8. The van der Waals surface area contributed by atoms with Gasteiger partial charge in [0, 0.05) is 25.4 Å². The van der Waals surface area contributed by atoms with E-state index in [0.717, 1.165) is 42.7 Å². The molecule has 5 aliphatic rings. The average Bonchev–Trinajstić information content (AvgIpc) is 3.37. The van der Waals surface area contributed by atoms with Crippen molar-refractivity contribution in [3.05, 3.63) is 11.6 Å². The van der Waals surface area contributed by atoms with Crippen molar-refractivity contribution in [2.75, 3.05) is 0 Å². The lowest BCUT2D eigenvalue weighted by molar-refractivity contribution is -0.148. The molecule has 0 aliphatic heterocycles. The number of allylic oxidation sites excluding steroid dienone is 1. The lowest BCUT2D eigenvalue weighted by atomic mass is 9.48. The van der Waals surface area contributed by atoms with Gasteiger partial charge in [-0.3, -0.25) is 4.79 Å². The SMILES string of the molecule is CC(=O)O[C@H]1CC[C@@]2(C)C(=CC[C@H]3[C@@H]4CC[C@H](NC5CC5)[C@@]4(C)CC[C@@H]32)C1. The van der Waals surface area contributed by atoms with E-state index in [1.807, 2.05) is 0 Å². The van der Waals surface area contributed by atoms with E-state index in [1.54, 1.807) is 12.5 Å². The van der Waals surface area contributed by atoms with Crippen LogP contribution < -0.4 is 5.32 Å². The molecule has 0 aromatic carbocycles. The second-order valence-electron chi connectivity index (χ2n) is 10.8. The van der Waals surface area contributed by atoms with Crippen molar-refractivity contribution >= 4 is 5.97 Å². The first-order valence-electron chi connectivity index (χ1n) is 11.5. The number of carbonyl (C=O) groups is 1. The van der Waals surface area contributed by atoms with Gasteiger partial charge in [0.05, 0.1) is 0 Å². The zero-order valence-electron chi connectivity index (χ0n) is 17.4. The third kappa shape index (κ3) is 2.91. The molecule has 3 heteroatoms. The minimum absolute atomic E-state index is 0.117. The Labute approximate surface area is 164 Å². The van der Waals surface area contributed by atoms with Crippen LogP contribution in [0.25, 0.3) is 0 Å². The van der Waals surface area contributed by atoms with Crippen molar-refractivity contribution in [3.8, 4) is 0 Å². The van der Waals surface area contributed by atoms with Crippen LogP contribution >= 0.6 is 0 Å². The third-order valence-corrected chi connectivity index (χ3v) is 9.41. The fourth-order valence-corrected chi connectivity index (χ4v) is 7.77. The van der Waals surface area contributed by atoms with Gasteiger partial charge in [-0.2, -0.15) is 0 Å². The Morgan fingerprint density at radius 3 is 2.63 bits per heavy atom. The normalized spacial score (nSPS) is 48.9. The smallest absolute Gasteiger partial charge is 0.302 e. The van der Waals surface area contributed by atoms with Crippen LogP contribution in [0.1, 0.15) is 85.0 Å². The van der Waals surface area contributed by atoms with Crippen molar-refractivity contribution in [3.63, 3.8) is 0 Å². The molecule has 1 N–H and O–H groups in total. The van der Waals surface area contributed by atoms with E-state index >= 15 is 0 Å². The summed E-state index contributed by atoms with van der Waals surface area (Å²) in [6.45, 7) is 6.70. The van der Waals surface area contributed by atoms with Crippen molar-refractivity contribution in [2.45, 2.75) is 103 Å². The van der Waals surface area contributed by atoms with Gasteiger partial charge >= 0.3 is 5.97 Å². The highest BCUT2D eigenvalue weighted by Gasteiger charge is 2.59. The maximum atomic E-state index is 11.4. The number of nitrogens with one attached hydrogen (secondary N) is 1. The van der Waals surface area contributed by atoms with Crippen LogP contribution in [0, 0.1) is 28.6 Å². The van der Waals surface area contributed by atoms with Gasteiger partial charge in [0.15, 0.2) is 0 Å². The fourth-order valence-electron chi connectivity index (χ4n) is 7.77. The lowest BCUT2D eigenvalue weighted by Crippen LogP contribution is -2.53. The highest BCUT2D eigenvalue weighted by atomic mass is 16.5. The Morgan fingerprint density at radius 1 is 1.07 bits per heavy atom. The van der Waals surface area contributed by atoms with Gasteiger partial charge in [-0.25, -0.2) is 0 Å². The van der Waals surface area contributed by atoms with Crippen LogP contribution in [0.15, 0.2) is 11.6 Å². The van der Waals surface area contributed by atoms with Crippen LogP contribution in [0.3, 0.4) is 0 Å². The van der Waals surface area contributed by atoms with Crippen LogP contribution in [0.2, 0.25) is 0 Å². The van der Waals surface area contributed by atoms with Crippen LogP contribution in [0.5, 0.6) is 0 Å². The summed E-state index contributed by atoms with van der Waals surface area (Å²) in [6.07, 6.45) is 15.6. The van der Waals surface area contributed by atoms with Gasteiger partial charge in [-0.1, -0.05) is 25.5 Å². The molecule has 5 aliphatic carbocycles. The van der Waals surface area contributed by atoms with Gasteiger partial charge in [-0.15, -0.1) is 0 Å². The molecule has 0 heterocycles. The Hall–Kier alpha value is -0.830. The Bertz CT molecular complexity index is 653. The monoisotopic (exact) mass is 371 g/mol. The third-order valence-electron chi connectivity index (χ3n) is 9.41. The van der Waals surface area contributed by atoms with E-state index < -0.39 is 0 Å². The molecule has 7 atom stereocenters. The molecule has 0 saturated heterocycles. The molecular formula is C24H37NO2. The average molecular weight is 372 g/mol. The van der Waals surface area contributed by atoms with Crippen molar-refractivity contribution < 1.29 is 9.53 Å². The zero-order chi connectivity index (χ0) is 18.8. The van der Waals surface area contributed by atoms with Crippen LogP contribution in [-0.2, 0) is 9.53 Å². The molecule has 0 unspecified atom stereocenters. The summed E-state index contributed by atoms with van der Waals surface area (Å²) >= 11 is 0. The van der Waals surface area contributed by atoms with Crippen molar-refractivity contribution in [2.24, 2.45) is 28.6 Å². The highest BCUT2D eigenvalue weighted by Crippen LogP contribution is 2.65. The quantitative estimate of drug-likeness (QED) is 0.560. The number of hydrogen-bond donors (Lipinski definition) is 1. The maximum Gasteiger partial charge on any atom is 0.302 e. The topological polar surface area (TPSA) is 38.3 Å². The molecule has 0 radical (unpaired) electrons. The first-order chi connectivity index (χ1) is 12.9. The van der Waals surface area contributed by atoms with E-state index in [4.69, 9.17) is 4.74 Å². The molecule has 0 bridgehead atoms. The summed E-state index contributed by atoms with van der Waals surface area (Å²) in [5.74, 6) is 2.49. The molecule has 0 spiro atoms. The predicted octanol–water partition coefficient (Wildman–Crippen LogP) is 5.00. The van der Waals surface area contributed by atoms with Crippen molar-refractivity contribution in [1.82, 2.24) is 5.32 Å². The molecule has 4 fully saturated rings. The van der Waals surface area contributed by atoms with Crippen LogP contribution in [0.4, 0.5) is 0 Å². The molecule has 5 rings (SSSR count). The number of fused-ring (bicyclic) bond motifs is 5. The molecule has 150 valence electrons. The fraction of sp³-hybridized carbons (Fsp3) is 0.875. The first kappa shape index (κ1) is 18.2. The van der Waals surface area contributed by atoms with Gasteiger partial charge in [-0.05, 0) is 86.4 Å². The van der Waals surface area contributed by atoms with E-state index in [-0.39, 0.29) is 12.1 Å². The Kier molecular flexibility index (Phi) is 4.28. The van der Waals surface area contributed by atoms with Crippen LogP contribution in [-0.4, -0.2) is 24.2 Å². The Balaban J connectivity index is 1.36. The Morgan fingerprint density at radius 2 is 1.89 bits per heavy atom. The highest BCUT2D eigenvalue weighted by molar-refractivity contribution is 5.66. The maximum absolute atomic E-state index is 11.4. The molecule has 0 amide bonds. The van der Waals surface area contributed by atoms with Crippen molar-refractivity contribution in [1.29, 1.82) is 0 Å². The summed E-state index contributed by atoms with van der Waals surface area (Å²) in [6, 6.07) is 1.59. The van der Waals surface area contributed by atoms with Gasteiger partial charge in [0.1, 0.15) is 6.10 Å². The summed E-state index contributed by atoms with van der Waals surface area (Å²) in [5, 5.41) is 4.01. The summed E-state index contributed by atoms with van der Waals surface area (Å²) in [7, 11) is 0. The second kappa shape index (κ2) is 6.34. The number of rotatable bonds is 3. The first-order valence-corrected chi connectivity index (χ1v) is 11.5. The molecule has 0 aromatic heterocycles. The standard InChI is InChI=1S/C24H37NO2/c1-15(26)27-18-10-12-23(2)16(14-18)4-7-19-20-8-9-22(25-17-5-6-17)24(20,3)13-11-21(19)23/h4,17-22,25H,5-14H2,1-3H3/t18-,19-,20-,21-,22-,23-,24-/m0/s1.